The summed E-state index contributed by atoms with van der Waals surface area (Å²) in [5.41, 5.74) is -0.356. The Morgan fingerprint density at radius 1 is 0.957 bits per heavy atom. The highest BCUT2D eigenvalue weighted by Crippen LogP contribution is 2.64. The summed E-state index contributed by atoms with van der Waals surface area (Å²) in [5.74, 6) is -8.58. The van der Waals surface area contributed by atoms with Gasteiger partial charge in [0.25, 0.3) is 0 Å². The van der Waals surface area contributed by atoms with E-state index in [1.807, 2.05) is 39.0 Å². The van der Waals surface area contributed by atoms with Crippen molar-refractivity contribution in [3.8, 4) is 5.75 Å². The molecular weight excluding hydrogens is 580 g/mol. The van der Waals surface area contributed by atoms with Crippen LogP contribution in [0.1, 0.15) is 112 Å². The third-order valence-electron chi connectivity index (χ3n) is 11.5. The molecule has 2 saturated carbocycles. The zero-order chi connectivity index (χ0) is 34.1. The number of aliphatic hydroxyl groups is 1. The SMILES string of the molecule is CCc1ccccc1CCCc1cc(C(C)C)c2c(c1O)C(=O)C1C(=O)[C@@]3(O)C(=O)C(C(C)=O)C(=O)C(C(C)C)[C@@]3(C)C[C@@]1(C)C2. The minimum Gasteiger partial charge on any atom is -0.507 e. The van der Waals surface area contributed by atoms with Crippen LogP contribution in [0.2, 0.25) is 0 Å². The lowest BCUT2D eigenvalue weighted by Gasteiger charge is -2.62. The van der Waals surface area contributed by atoms with Crippen molar-refractivity contribution in [2.24, 2.45) is 34.5 Å². The summed E-state index contributed by atoms with van der Waals surface area (Å²) in [6.07, 6.45) is 3.33. The number of Topliss-reactive ketones (excluding diaryl/α,β-unsaturated/α-hetero) is 5. The fourth-order valence-electron chi connectivity index (χ4n) is 9.61. The smallest absolute Gasteiger partial charge is 0.190 e. The van der Waals surface area contributed by atoms with Crippen molar-refractivity contribution in [3.05, 3.63) is 63.7 Å². The molecule has 2 aromatic carbocycles. The van der Waals surface area contributed by atoms with E-state index in [2.05, 4.69) is 19.1 Å². The molecule has 3 aliphatic carbocycles. The number of phenols is 1. The van der Waals surface area contributed by atoms with Crippen LogP contribution in [0.4, 0.5) is 0 Å². The Morgan fingerprint density at radius 3 is 2.13 bits per heavy atom. The zero-order valence-corrected chi connectivity index (χ0v) is 28.5. The van der Waals surface area contributed by atoms with E-state index in [9.17, 15) is 34.2 Å². The Morgan fingerprint density at radius 2 is 1.57 bits per heavy atom. The van der Waals surface area contributed by atoms with Gasteiger partial charge in [-0.1, -0.05) is 78.8 Å². The quantitative estimate of drug-likeness (QED) is 0.346. The lowest BCUT2D eigenvalue weighted by atomic mass is 9.39. The minimum atomic E-state index is -2.69. The largest absolute Gasteiger partial charge is 0.507 e. The third-order valence-corrected chi connectivity index (χ3v) is 11.5. The number of carbonyl (C=O) groups excluding carboxylic acids is 5. The number of fused-ring (bicyclic) bond motifs is 3. The topological polar surface area (TPSA) is 126 Å². The van der Waals surface area contributed by atoms with Crippen LogP contribution in [0.5, 0.6) is 5.75 Å². The summed E-state index contributed by atoms with van der Waals surface area (Å²) in [6, 6.07) is 10.3. The minimum absolute atomic E-state index is 0.0197. The molecule has 6 atom stereocenters. The highest BCUT2D eigenvalue weighted by molar-refractivity contribution is 6.32. The number of carbonyl (C=O) groups is 5. The molecule has 7 nitrogen and oxygen atoms in total. The first-order valence-electron chi connectivity index (χ1n) is 16.8. The van der Waals surface area contributed by atoms with Crippen LogP contribution in [0.25, 0.3) is 0 Å². The maximum atomic E-state index is 14.6. The van der Waals surface area contributed by atoms with E-state index in [0.29, 0.717) is 17.5 Å². The van der Waals surface area contributed by atoms with Crippen LogP contribution >= 0.6 is 0 Å². The van der Waals surface area contributed by atoms with E-state index in [4.69, 9.17) is 0 Å². The van der Waals surface area contributed by atoms with Gasteiger partial charge in [-0.2, -0.15) is 0 Å². The second-order valence-corrected chi connectivity index (χ2v) is 15.3. The summed E-state index contributed by atoms with van der Waals surface area (Å²) in [6.45, 7) is 14.3. The Bertz CT molecular complexity index is 1650. The van der Waals surface area contributed by atoms with Crippen molar-refractivity contribution in [1.82, 2.24) is 0 Å². The van der Waals surface area contributed by atoms with Crippen molar-refractivity contribution in [3.63, 3.8) is 0 Å². The number of benzene rings is 2. The van der Waals surface area contributed by atoms with Crippen LogP contribution in [-0.2, 0) is 44.9 Å². The van der Waals surface area contributed by atoms with Crippen LogP contribution < -0.4 is 0 Å². The van der Waals surface area contributed by atoms with E-state index in [1.54, 1.807) is 20.8 Å². The van der Waals surface area contributed by atoms with Crippen molar-refractivity contribution in [2.75, 3.05) is 0 Å². The molecule has 0 heterocycles. The molecule has 3 unspecified atom stereocenters. The van der Waals surface area contributed by atoms with Gasteiger partial charge in [-0.25, -0.2) is 0 Å². The lowest BCUT2D eigenvalue weighted by Crippen LogP contribution is -2.76. The summed E-state index contributed by atoms with van der Waals surface area (Å²) in [4.78, 5) is 69.5. The van der Waals surface area contributed by atoms with Crippen LogP contribution in [-0.4, -0.2) is 44.7 Å². The first-order chi connectivity index (χ1) is 21.5. The van der Waals surface area contributed by atoms with Gasteiger partial charge in [-0.3, -0.25) is 24.0 Å². The fraction of sp³-hybridized carbons (Fsp3) is 0.564. The lowest BCUT2D eigenvalue weighted by molar-refractivity contribution is -0.205. The summed E-state index contributed by atoms with van der Waals surface area (Å²) in [7, 11) is 0. The summed E-state index contributed by atoms with van der Waals surface area (Å²) < 4.78 is 0. The van der Waals surface area contributed by atoms with E-state index in [-0.39, 0.29) is 36.0 Å². The molecule has 0 bridgehead atoms. The van der Waals surface area contributed by atoms with E-state index >= 15 is 0 Å². The number of ketones is 5. The molecule has 2 aromatic rings. The van der Waals surface area contributed by atoms with Crippen LogP contribution in [0, 0.1) is 34.5 Å². The predicted molar refractivity (Wildman–Crippen MR) is 175 cm³/mol. The molecule has 5 rings (SSSR count). The second-order valence-electron chi connectivity index (χ2n) is 15.3. The van der Waals surface area contributed by atoms with Crippen molar-refractivity contribution in [1.29, 1.82) is 0 Å². The van der Waals surface area contributed by atoms with Gasteiger partial charge >= 0.3 is 0 Å². The highest BCUT2D eigenvalue weighted by Gasteiger charge is 2.76. The third kappa shape index (κ3) is 4.75. The molecule has 0 radical (unpaired) electrons. The Labute approximate surface area is 272 Å². The Kier molecular flexibility index (Phi) is 8.59. The van der Waals surface area contributed by atoms with Gasteiger partial charge in [0.15, 0.2) is 28.7 Å². The number of hydrogen-bond donors (Lipinski definition) is 2. The Hall–Kier alpha value is -3.45. The molecular formula is C39H48O7. The van der Waals surface area contributed by atoms with Gasteiger partial charge in [0.2, 0.25) is 0 Å². The van der Waals surface area contributed by atoms with Crippen molar-refractivity contribution < 1.29 is 34.2 Å². The summed E-state index contributed by atoms with van der Waals surface area (Å²) >= 11 is 0. The highest BCUT2D eigenvalue weighted by atomic mass is 16.3. The van der Waals surface area contributed by atoms with E-state index in [1.165, 1.54) is 11.1 Å². The van der Waals surface area contributed by atoms with Gasteiger partial charge in [0.1, 0.15) is 17.5 Å². The van der Waals surface area contributed by atoms with Crippen molar-refractivity contribution >= 4 is 28.9 Å². The van der Waals surface area contributed by atoms with Gasteiger partial charge in [-0.05, 0) is 90.5 Å². The first-order valence-corrected chi connectivity index (χ1v) is 16.8. The standard InChI is InChI=1S/C39H48O7/c1-9-23-13-10-11-14-24(23)15-12-16-25-17-26(20(2)3)27-18-37(7)19-38(8)30(21(4)5)33(42)28(22(6)40)35(44)39(38,46)36(45)31(37)34(43)29(27)32(25)41/h10-11,13-14,17,20-21,28,30-31,41,46H,9,12,15-16,18-19H2,1-8H3/t28?,30?,31?,37-,38-,39+/m1/s1. The number of hydrogen-bond acceptors (Lipinski definition) is 7. The predicted octanol–water partition coefficient (Wildman–Crippen LogP) is 5.95. The Balaban J connectivity index is 1.61. The molecule has 246 valence electrons. The van der Waals surface area contributed by atoms with Gasteiger partial charge in [0.05, 0.1) is 11.5 Å². The van der Waals surface area contributed by atoms with Gasteiger partial charge in [0, 0.05) is 11.3 Å². The van der Waals surface area contributed by atoms with E-state index < -0.39 is 63.1 Å². The number of aryl methyl sites for hydroxylation is 3. The number of aromatic hydroxyl groups is 1. The zero-order valence-electron chi connectivity index (χ0n) is 28.5. The molecule has 2 fully saturated rings. The van der Waals surface area contributed by atoms with Crippen molar-refractivity contribution in [2.45, 2.75) is 105 Å². The number of rotatable bonds is 8. The normalized spacial score (nSPS) is 30.8. The molecule has 0 aliphatic heterocycles. The summed E-state index contributed by atoms with van der Waals surface area (Å²) in [5, 5.41) is 24.0. The van der Waals surface area contributed by atoms with E-state index in [0.717, 1.165) is 31.7 Å². The fourth-order valence-corrected chi connectivity index (χ4v) is 9.61. The molecule has 3 aliphatic rings. The van der Waals surface area contributed by atoms with Gasteiger partial charge in [-0.15, -0.1) is 0 Å². The molecule has 2 N–H and O–H groups in total. The van der Waals surface area contributed by atoms with Crippen LogP contribution in [0.3, 0.4) is 0 Å². The van der Waals surface area contributed by atoms with Gasteiger partial charge < -0.3 is 10.2 Å². The molecule has 0 amide bonds. The molecule has 46 heavy (non-hydrogen) atoms. The van der Waals surface area contributed by atoms with Crippen LogP contribution in [0.15, 0.2) is 30.3 Å². The first kappa shape index (κ1) is 33.9. The average molecular weight is 629 g/mol. The maximum absolute atomic E-state index is 14.6. The molecule has 0 aromatic heterocycles. The second kappa shape index (κ2) is 11.7. The monoisotopic (exact) mass is 628 g/mol. The average Bonchev–Trinajstić information content (AvgIpc) is 2.95. The number of phenolic OH excluding ortho intramolecular Hbond substituents is 1. The molecule has 0 saturated heterocycles. The molecule has 7 heteroatoms. The molecule has 0 spiro atoms. The maximum Gasteiger partial charge on any atom is 0.190 e.